The summed E-state index contributed by atoms with van der Waals surface area (Å²) in [6.07, 6.45) is 12.0. The fraction of sp³-hybridized carbons (Fsp3) is 0.609. The molecule has 3 aliphatic rings. The normalized spacial score (nSPS) is 21.5. The summed E-state index contributed by atoms with van der Waals surface area (Å²) in [7, 11) is 0. The second-order valence-electron chi connectivity index (χ2n) is 8.69. The molecule has 1 saturated carbocycles. The Hall–Kier alpha value is -2.41. The van der Waals surface area contributed by atoms with Crippen LogP contribution in [0.3, 0.4) is 0 Å². The molecule has 7 nitrogen and oxygen atoms in total. The van der Waals surface area contributed by atoms with Gasteiger partial charge in [-0.2, -0.15) is 0 Å². The molecule has 1 aromatic carbocycles. The third-order valence-corrected chi connectivity index (χ3v) is 6.78. The quantitative estimate of drug-likeness (QED) is 0.419. The Balaban J connectivity index is 1.35. The third-order valence-electron chi connectivity index (χ3n) is 6.78. The Bertz CT molecular complexity index is 790. The van der Waals surface area contributed by atoms with Crippen molar-refractivity contribution >= 4 is 23.4 Å². The van der Waals surface area contributed by atoms with Crippen LogP contribution in [0, 0.1) is 10.1 Å². The van der Waals surface area contributed by atoms with Crippen molar-refractivity contribution in [3.8, 4) is 0 Å². The number of rotatable bonds is 5. The number of carbonyl (C=O) groups excluding carboxylic acids is 1. The number of amides is 1. The molecule has 0 spiro atoms. The van der Waals surface area contributed by atoms with Gasteiger partial charge < -0.3 is 9.80 Å². The minimum atomic E-state index is -0.322. The van der Waals surface area contributed by atoms with E-state index in [1.165, 1.54) is 32.1 Å². The molecule has 2 saturated heterocycles. The van der Waals surface area contributed by atoms with Gasteiger partial charge in [-0.3, -0.25) is 19.8 Å². The van der Waals surface area contributed by atoms with Crippen molar-refractivity contribution in [3.63, 3.8) is 0 Å². The van der Waals surface area contributed by atoms with Gasteiger partial charge in [0.05, 0.1) is 4.92 Å². The summed E-state index contributed by atoms with van der Waals surface area (Å²) >= 11 is 0. The summed E-state index contributed by atoms with van der Waals surface area (Å²) in [5, 5.41) is 11.6. The maximum Gasteiger partial charge on any atom is 0.293 e. The van der Waals surface area contributed by atoms with Gasteiger partial charge in [0.1, 0.15) is 5.69 Å². The van der Waals surface area contributed by atoms with Gasteiger partial charge in [-0.15, -0.1) is 0 Å². The number of piperazine rings is 1. The summed E-state index contributed by atoms with van der Waals surface area (Å²) < 4.78 is 0. The average molecular weight is 413 g/mol. The molecule has 7 heteroatoms. The lowest BCUT2D eigenvalue weighted by atomic mass is 9.94. The molecule has 30 heavy (non-hydrogen) atoms. The molecule has 2 heterocycles. The first-order chi connectivity index (χ1) is 14.6. The molecule has 0 aromatic heterocycles. The van der Waals surface area contributed by atoms with Crippen LogP contribution in [-0.4, -0.2) is 65.9 Å². The highest BCUT2D eigenvalue weighted by Gasteiger charge is 2.26. The summed E-state index contributed by atoms with van der Waals surface area (Å²) in [6, 6.07) is 5.96. The smallest absolute Gasteiger partial charge is 0.293 e. The van der Waals surface area contributed by atoms with Gasteiger partial charge in [-0.05, 0) is 43.4 Å². The average Bonchev–Trinajstić information content (AvgIpc) is 3.33. The van der Waals surface area contributed by atoms with Crippen LogP contribution in [0.1, 0.15) is 50.5 Å². The van der Waals surface area contributed by atoms with Crippen LogP contribution in [0.25, 0.3) is 6.08 Å². The predicted molar refractivity (Wildman–Crippen MR) is 119 cm³/mol. The molecular weight excluding hydrogens is 380 g/mol. The topological polar surface area (TPSA) is 69.9 Å². The van der Waals surface area contributed by atoms with Crippen LogP contribution >= 0.6 is 0 Å². The minimum absolute atomic E-state index is 0.00966. The molecule has 0 atom stereocenters. The van der Waals surface area contributed by atoms with Crippen molar-refractivity contribution in [2.45, 2.75) is 51.0 Å². The number of nitrogens with zero attached hydrogens (tertiary/aromatic N) is 4. The van der Waals surface area contributed by atoms with Gasteiger partial charge in [-0.25, -0.2) is 0 Å². The highest BCUT2D eigenvalue weighted by atomic mass is 16.6. The Morgan fingerprint density at radius 2 is 1.67 bits per heavy atom. The second kappa shape index (κ2) is 9.60. The number of benzene rings is 1. The van der Waals surface area contributed by atoms with Crippen LogP contribution in [0.2, 0.25) is 0 Å². The van der Waals surface area contributed by atoms with E-state index in [4.69, 9.17) is 0 Å². The molecular formula is C23H32N4O3. The van der Waals surface area contributed by atoms with Crippen LogP contribution in [-0.2, 0) is 4.79 Å². The predicted octanol–water partition coefficient (Wildman–Crippen LogP) is 3.69. The number of anilines is 1. The van der Waals surface area contributed by atoms with Crippen LogP contribution in [0.15, 0.2) is 24.3 Å². The van der Waals surface area contributed by atoms with Gasteiger partial charge in [-0.1, -0.05) is 25.3 Å². The monoisotopic (exact) mass is 412 g/mol. The molecule has 1 aliphatic carbocycles. The maximum atomic E-state index is 12.6. The summed E-state index contributed by atoms with van der Waals surface area (Å²) in [5.41, 5.74) is 1.49. The summed E-state index contributed by atoms with van der Waals surface area (Å²) in [5.74, 6) is -0.00966. The lowest BCUT2D eigenvalue weighted by molar-refractivity contribution is -0.384. The Morgan fingerprint density at radius 1 is 0.967 bits per heavy atom. The van der Waals surface area contributed by atoms with Gasteiger partial charge >= 0.3 is 0 Å². The van der Waals surface area contributed by atoms with Crippen molar-refractivity contribution in [1.82, 2.24) is 9.80 Å². The van der Waals surface area contributed by atoms with E-state index < -0.39 is 0 Å². The number of carbonyl (C=O) groups is 1. The van der Waals surface area contributed by atoms with Crippen LogP contribution in [0.5, 0.6) is 0 Å². The molecule has 162 valence electrons. The minimum Gasteiger partial charge on any atom is -0.366 e. The zero-order chi connectivity index (χ0) is 20.9. The molecule has 0 unspecified atom stereocenters. The fourth-order valence-corrected chi connectivity index (χ4v) is 5.04. The second-order valence-corrected chi connectivity index (χ2v) is 8.69. The first-order valence-electron chi connectivity index (χ1n) is 11.4. The number of hydrogen-bond acceptors (Lipinski definition) is 5. The number of hydrogen-bond donors (Lipinski definition) is 0. The van der Waals surface area contributed by atoms with Crippen molar-refractivity contribution < 1.29 is 9.72 Å². The van der Waals surface area contributed by atoms with Crippen LogP contribution in [0.4, 0.5) is 11.4 Å². The van der Waals surface area contributed by atoms with Crippen molar-refractivity contribution in [1.29, 1.82) is 0 Å². The summed E-state index contributed by atoms with van der Waals surface area (Å²) in [6.45, 7) is 5.13. The van der Waals surface area contributed by atoms with E-state index in [0.717, 1.165) is 52.1 Å². The van der Waals surface area contributed by atoms with Gasteiger partial charge in [0.2, 0.25) is 5.91 Å². The Morgan fingerprint density at radius 3 is 2.33 bits per heavy atom. The zero-order valence-corrected chi connectivity index (χ0v) is 17.7. The lowest BCUT2D eigenvalue weighted by Crippen LogP contribution is -2.52. The lowest BCUT2D eigenvalue weighted by Gasteiger charge is -2.40. The van der Waals surface area contributed by atoms with E-state index in [1.807, 2.05) is 17.0 Å². The van der Waals surface area contributed by atoms with E-state index in [0.29, 0.717) is 17.3 Å². The van der Waals surface area contributed by atoms with Gasteiger partial charge in [0.15, 0.2) is 0 Å². The molecule has 2 aliphatic heterocycles. The molecule has 0 N–H and O–H groups in total. The van der Waals surface area contributed by atoms with Crippen molar-refractivity contribution in [2.24, 2.45) is 0 Å². The highest BCUT2D eigenvalue weighted by Crippen LogP contribution is 2.32. The van der Waals surface area contributed by atoms with E-state index in [1.54, 1.807) is 18.2 Å². The molecule has 0 bridgehead atoms. The molecule has 0 radical (unpaired) electrons. The standard InChI is InChI=1S/C23H32N4O3/c28-23(26-16-14-24(15-17-26)20-6-2-1-3-7-20)11-9-19-8-10-21(22(18-19)27(29)30)25-12-4-5-13-25/h8-11,18,20H,1-7,12-17H2/b11-9+. The van der Waals surface area contributed by atoms with E-state index >= 15 is 0 Å². The van der Waals surface area contributed by atoms with Crippen molar-refractivity contribution in [2.75, 3.05) is 44.2 Å². The molecule has 1 amide bonds. The van der Waals surface area contributed by atoms with E-state index in [-0.39, 0.29) is 16.5 Å². The zero-order valence-electron chi connectivity index (χ0n) is 17.7. The Labute approximate surface area is 178 Å². The third kappa shape index (κ3) is 4.83. The maximum absolute atomic E-state index is 12.6. The van der Waals surface area contributed by atoms with E-state index in [9.17, 15) is 14.9 Å². The largest absolute Gasteiger partial charge is 0.366 e. The number of nitro groups is 1. The first kappa shape index (κ1) is 20.8. The molecule has 3 fully saturated rings. The molecule has 4 rings (SSSR count). The van der Waals surface area contributed by atoms with Crippen LogP contribution < -0.4 is 4.90 Å². The summed E-state index contributed by atoms with van der Waals surface area (Å²) in [4.78, 5) is 30.4. The fourth-order valence-electron chi connectivity index (χ4n) is 5.04. The molecule has 1 aromatic rings. The Kier molecular flexibility index (Phi) is 6.67. The number of nitro benzene ring substituents is 1. The highest BCUT2D eigenvalue weighted by molar-refractivity contribution is 5.92. The SMILES string of the molecule is O=C(/C=C/c1ccc(N2CCCC2)c([N+](=O)[O-])c1)N1CCN(C2CCCCC2)CC1. The van der Waals surface area contributed by atoms with Crippen molar-refractivity contribution in [3.05, 3.63) is 40.0 Å². The van der Waals surface area contributed by atoms with Gasteiger partial charge in [0.25, 0.3) is 5.69 Å². The first-order valence-corrected chi connectivity index (χ1v) is 11.4. The van der Waals surface area contributed by atoms with Gasteiger partial charge in [0, 0.05) is 57.5 Å². The van der Waals surface area contributed by atoms with E-state index in [2.05, 4.69) is 9.80 Å².